The Kier molecular flexibility index (Phi) is 2.49. The van der Waals surface area contributed by atoms with Crippen LogP contribution in [-0.4, -0.2) is 17.3 Å². The number of fused-ring (bicyclic) bond motifs is 3. The predicted octanol–water partition coefficient (Wildman–Crippen LogP) is 3.09. The molecule has 2 heterocycles. The second-order valence-electron chi connectivity index (χ2n) is 5.22. The second kappa shape index (κ2) is 3.95. The molecule has 0 aliphatic carbocycles. The predicted molar refractivity (Wildman–Crippen MR) is 72.4 cm³/mol. The van der Waals surface area contributed by atoms with Gasteiger partial charge in [-0.3, -0.25) is 0 Å². The highest BCUT2D eigenvalue weighted by Crippen LogP contribution is 2.45. The molecule has 0 radical (unpaired) electrons. The monoisotopic (exact) mass is 256 g/mol. The Hall–Kier alpha value is -2.10. The van der Waals surface area contributed by atoms with Crippen LogP contribution in [0.15, 0.2) is 24.3 Å². The lowest BCUT2D eigenvalue weighted by Gasteiger charge is -2.34. The SMILES string of the molecule is COc1ccc2c(c1)OC(C)(C)c1cc(C)nnc1-2. The molecular weight excluding hydrogens is 240 g/mol. The molecule has 4 heteroatoms. The van der Waals surface area contributed by atoms with Gasteiger partial charge in [0.15, 0.2) is 0 Å². The normalized spacial score (nSPS) is 15.2. The first-order valence-corrected chi connectivity index (χ1v) is 6.23. The molecule has 98 valence electrons. The van der Waals surface area contributed by atoms with Gasteiger partial charge in [-0.1, -0.05) is 0 Å². The van der Waals surface area contributed by atoms with Gasteiger partial charge in [-0.05, 0) is 39.0 Å². The minimum atomic E-state index is -0.421. The van der Waals surface area contributed by atoms with Gasteiger partial charge in [0.1, 0.15) is 22.8 Å². The fourth-order valence-corrected chi connectivity index (χ4v) is 2.39. The van der Waals surface area contributed by atoms with E-state index < -0.39 is 5.60 Å². The maximum atomic E-state index is 6.10. The number of benzene rings is 1. The Labute approximate surface area is 112 Å². The number of aromatic nitrogens is 2. The highest BCUT2D eigenvalue weighted by atomic mass is 16.5. The van der Waals surface area contributed by atoms with Crippen LogP contribution >= 0.6 is 0 Å². The lowest BCUT2D eigenvalue weighted by Crippen LogP contribution is -2.30. The Bertz CT molecular complexity index is 651. The number of rotatable bonds is 1. The average Bonchev–Trinajstić information content (AvgIpc) is 2.38. The quantitative estimate of drug-likeness (QED) is 0.786. The number of hydrogen-bond donors (Lipinski definition) is 0. The van der Waals surface area contributed by atoms with Crippen LogP contribution in [-0.2, 0) is 5.60 Å². The van der Waals surface area contributed by atoms with E-state index in [1.54, 1.807) is 7.11 Å². The van der Waals surface area contributed by atoms with Crippen LogP contribution in [0, 0.1) is 6.92 Å². The molecule has 2 aromatic rings. The van der Waals surface area contributed by atoms with Crippen molar-refractivity contribution in [2.24, 2.45) is 0 Å². The van der Waals surface area contributed by atoms with Crippen LogP contribution in [0.5, 0.6) is 11.5 Å². The molecular formula is C15H16N2O2. The molecule has 0 bridgehead atoms. The first-order chi connectivity index (χ1) is 9.01. The van der Waals surface area contributed by atoms with E-state index in [0.717, 1.165) is 34.0 Å². The fourth-order valence-electron chi connectivity index (χ4n) is 2.39. The molecule has 0 atom stereocenters. The van der Waals surface area contributed by atoms with Gasteiger partial charge >= 0.3 is 0 Å². The molecule has 3 rings (SSSR count). The van der Waals surface area contributed by atoms with Crippen LogP contribution in [0.25, 0.3) is 11.3 Å². The molecule has 0 unspecified atom stereocenters. The lowest BCUT2D eigenvalue weighted by molar-refractivity contribution is 0.104. The fraction of sp³-hybridized carbons (Fsp3) is 0.333. The van der Waals surface area contributed by atoms with Gasteiger partial charge in [0.25, 0.3) is 0 Å². The standard InChI is InChI=1S/C15H16N2O2/c1-9-7-12-14(17-16-9)11-6-5-10(18-4)8-13(11)19-15(12,2)3/h5-8H,1-4H3. The Morgan fingerprint density at radius 2 is 1.95 bits per heavy atom. The molecule has 1 aromatic carbocycles. The highest BCUT2D eigenvalue weighted by Gasteiger charge is 2.34. The third-order valence-electron chi connectivity index (χ3n) is 3.37. The zero-order chi connectivity index (χ0) is 13.6. The summed E-state index contributed by atoms with van der Waals surface area (Å²) in [6, 6.07) is 7.80. The molecule has 1 aliphatic rings. The molecule has 1 aromatic heterocycles. The number of methoxy groups -OCH3 is 1. The summed E-state index contributed by atoms with van der Waals surface area (Å²) in [5, 5.41) is 8.50. The van der Waals surface area contributed by atoms with Crippen molar-refractivity contribution in [3.63, 3.8) is 0 Å². The average molecular weight is 256 g/mol. The molecule has 0 spiro atoms. The molecule has 0 saturated carbocycles. The summed E-state index contributed by atoms with van der Waals surface area (Å²) in [6.07, 6.45) is 0. The maximum absolute atomic E-state index is 6.10. The van der Waals surface area contributed by atoms with E-state index >= 15 is 0 Å². The van der Waals surface area contributed by atoms with Crippen LogP contribution in [0.1, 0.15) is 25.1 Å². The van der Waals surface area contributed by atoms with Crippen molar-refractivity contribution in [3.05, 3.63) is 35.5 Å². The topological polar surface area (TPSA) is 44.2 Å². The maximum Gasteiger partial charge on any atom is 0.133 e. The smallest absolute Gasteiger partial charge is 0.133 e. The number of aryl methyl sites for hydroxylation is 1. The molecule has 0 N–H and O–H groups in total. The van der Waals surface area contributed by atoms with Crippen molar-refractivity contribution >= 4 is 0 Å². The number of nitrogens with zero attached hydrogens (tertiary/aromatic N) is 2. The summed E-state index contributed by atoms with van der Waals surface area (Å²) in [7, 11) is 1.65. The summed E-state index contributed by atoms with van der Waals surface area (Å²) in [6.45, 7) is 6.01. The lowest BCUT2D eigenvalue weighted by atomic mass is 9.90. The number of ether oxygens (including phenoxy) is 2. The molecule has 4 nitrogen and oxygen atoms in total. The minimum Gasteiger partial charge on any atom is -0.497 e. The van der Waals surface area contributed by atoms with Gasteiger partial charge in [-0.25, -0.2) is 0 Å². The summed E-state index contributed by atoms with van der Waals surface area (Å²) in [5.74, 6) is 1.56. The van der Waals surface area contributed by atoms with E-state index in [1.807, 2.05) is 45.0 Å². The third kappa shape index (κ3) is 1.84. The molecule has 0 saturated heterocycles. The molecule has 19 heavy (non-hydrogen) atoms. The van der Waals surface area contributed by atoms with Crippen LogP contribution in [0.2, 0.25) is 0 Å². The first-order valence-electron chi connectivity index (χ1n) is 6.23. The van der Waals surface area contributed by atoms with Crippen molar-refractivity contribution in [2.45, 2.75) is 26.4 Å². The largest absolute Gasteiger partial charge is 0.497 e. The molecule has 1 aliphatic heterocycles. The Balaban J connectivity index is 2.26. The minimum absolute atomic E-state index is 0.421. The van der Waals surface area contributed by atoms with Gasteiger partial charge in [-0.2, -0.15) is 5.10 Å². The molecule has 0 fully saturated rings. The zero-order valence-corrected chi connectivity index (χ0v) is 11.5. The van der Waals surface area contributed by atoms with Gasteiger partial charge in [0.05, 0.1) is 12.8 Å². The zero-order valence-electron chi connectivity index (χ0n) is 11.5. The van der Waals surface area contributed by atoms with E-state index in [0.29, 0.717) is 0 Å². The summed E-state index contributed by atoms with van der Waals surface area (Å²) in [4.78, 5) is 0. The number of hydrogen-bond acceptors (Lipinski definition) is 4. The van der Waals surface area contributed by atoms with Crippen LogP contribution in [0.3, 0.4) is 0 Å². The first kappa shape index (κ1) is 12.0. The van der Waals surface area contributed by atoms with E-state index in [4.69, 9.17) is 9.47 Å². The van der Waals surface area contributed by atoms with Crippen LogP contribution in [0.4, 0.5) is 0 Å². The second-order valence-corrected chi connectivity index (χ2v) is 5.22. The van der Waals surface area contributed by atoms with E-state index in [9.17, 15) is 0 Å². The van der Waals surface area contributed by atoms with Crippen molar-refractivity contribution in [1.82, 2.24) is 10.2 Å². The third-order valence-corrected chi connectivity index (χ3v) is 3.37. The summed E-state index contributed by atoms with van der Waals surface area (Å²) in [5.41, 5.74) is 3.39. The van der Waals surface area contributed by atoms with Crippen molar-refractivity contribution in [1.29, 1.82) is 0 Å². The Morgan fingerprint density at radius 3 is 2.68 bits per heavy atom. The van der Waals surface area contributed by atoms with Crippen molar-refractivity contribution in [3.8, 4) is 22.8 Å². The summed E-state index contributed by atoms with van der Waals surface area (Å²) >= 11 is 0. The van der Waals surface area contributed by atoms with Gasteiger partial charge < -0.3 is 9.47 Å². The van der Waals surface area contributed by atoms with Gasteiger partial charge in [0, 0.05) is 17.2 Å². The highest BCUT2D eigenvalue weighted by molar-refractivity contribution is 5.74. The molecule has 0 amide bonds. The van der Waals surface area contributed by atoms with Crippen molar-refractivity contribution < 1.29 is 9.47 Å². The van der Waals surface area contributed by atoms with E-state index in [1.165, 1.54) is 0 Å². The van der Waals surface area contributed by atoms with E-state index in [-0.39, 0.29) is 0 Å². The van der Waals surface area contributed by atoms with E-state index in [2.05, 4.69) is 10.2 Å². The van der Waals surface area contributed by atoms with Gasteiger partial charge in [-0.15, -0.1) is 5.10 Å². The summed E-state index contributed by atoms with van der Waals surface area (Å²) < 4.78 is 11.3. The van der Waals surface area contributed by atoms with Gasteiger partial charge in [0.2, 0.25) is 0 Å². The van der Waals surface area contributed by atoms with Crippen LogP contribution < -0.4 is 9.47 Å². The Morgan fingerprint density at radius 1 is 1.16 bits per heavy atom. The van der Waals surface area contributed by atoms with Crippen molar-refractivity contribution in [2.75, 3.05) is 7.11 Å².